The van der Waals surface area contributed by atoms with Crippen LogP contribution in [0.4, 0.5) is 0 Å². The number of amides is 2. The topological polar surface area (TPSA) is 105 Å². The van der Waals surface area contributed by atoms with E-state index >= 15 is 0 Å². The molecule has 0 aromatic heterocycles. The Labute approximate surface area is 209 Å². The van der Waals surface area contributed by atoms with Crippen molar-refractivity contribution in [3.8, 4) is 0 Å². The van der Waals surface area contributed by atoms with Crippen molar-refractivity contribution in [3.63, 3.8) is 0 Å². The lowest BCUT2D eigenvalue weighted by Crippen LogP contribution is -2.52. The molecule has 35 heavy (non-hydrogen) atoms. The molecule has 2 amide bonds. The van der Waals surface area contributed by atoms with Gasteiger partial charge in [-0.1, -0.05) is 55.3 Å². The maximum atomic E-state index is 13.2. The summed E-state index contributed by atoms with van der Waals surface area (Å²) in [7, 11) is 0. The van der Waals surface area contributed by atoms with Crippen molar-refractivity contribution in [3.05, 3.63) is 61.2 Å². The van der Waals surface area contributed by atoms with E-state index in [1.165, 1.54) is 0 Å². The van der Waals surface area contributed by atoms with Crippen LogP contribution in [0.15, 0.2) is 55.6 Å². The molecule has 1 aliphatic rings. The summed E-state index contributed by atoms with van der Waals surface area (Å²) in [6.07, 6.45) is 9.36. The highest BCUT2D eigenvalue weighted by molar-refractivity contribution is 5.86. The number of aliphatic hydroxyl groups is 1. The zero-order valence-corrected chi connectivity index (χ0v) is 20.7. The minimum absolute atomic E-state index is 0.0133. The number of hydrogen-bond donors (Lipinski definition) is 3. The highest BCUT2D eigenvalue weighted by Crippen LogP contribution is 2.31. The quantitative estimate of drug-likeness (QED) is 0.189. The number of hydrogen-bond acceptors (Lipinski definition) is 5. The number of carbonyl (C=O) groups is 3. The molecule has 7 heteroatoms. The zero-order chi connectivity index (χ0) is 25.5. The van der Waals surface area contributed by atoms with Gasteiger partial charge >= 0.3 is 5.97 Å². The van der Waals surface area contributed by atoms with Gasteiger partial charge in [-0.2, -0.15) is 0 Å². The molecule has 1 aromatic carbocycles. The number of nitrogens with one attached hydrogen (secondary N) is 2. The normalized spacial score (nSPS) is 16.0. The summed E-state index contributed by atoms with van der Waals surface area (Å²) in [5, 5.41) is 15.7. The van der Waals surface area contributed by atoms with Gasteiger partial charge in [-0.05, 0) is 44.1 Å². The summed E-state index contributed by atoms with van der Waals surface area (Å²) in [5.74, 6) is -1.41. The van der Waals surface area contributed by atoms with Gasteiger partial charge in [0.05, 0.1) is 24.1 Å². The van der Waals surface area contributed by atoms with Gasteiger partial charge in [-0.25, -0.2) is 0 Å². The molecule has 7 nitrogen and oxygen atoms in total. The molecule has 0 aliphatic heterocycles. The molecule has 0 bridgehead atoms. The van der Waals surface area contributed by atoms with Crippen molar-refractivity contribution in [2.45, 2.75) is 75.8 Å². The SMILES string of the molecule is C=CCCCC(=O)OCC1(NC(=O)[C@H](CC=C)CC(=O)N[C@H](CO)Cc2ccccc2)CCCC1. The molecule has 1 aliphatic carbocycles. The number of unbranched alkanes of at least 4 members (excludes halogenated alkanes) is 1. The molecule has 192 valence electrons. The van der Waals surface area contributed by atoms with Gasteiger partial charge in [-0.3, -0.25) is 14.4 Å². The lowest BCUT2D eigenvalue weighted by molar-refractivity contribution is -0.147. The fourth-order valence-electron chi connectivity index (χ4n) is 4.46. The van der Waals surface area contributed by atoms with E-state index in [9.17, 15) is 19.5 Å². The number of allylic oxidation sites excluding steroid dienone is 2. The molecule has 3 N–H and O–H groups in total. The molecule has 1 saturated carbocycles. The van der Waals surface area contributed by atoms with Gasteiger partial charge in [0.25, 0.3) is 0 Å². The minimum Gasteiger partial charge on any atom is -0.463 e. The molecule has 2 rings (SSSR count). The third kappa shape index (κ3) is 10.1. The maximum Gasteiger partial charge on any atom is 0.305 e. The predicted molar refractivity (Wildman–Crippen MR) is 136 cm³/mol. The van der Waals surface area contributed by atoms with Crippen molar-refractivity contribution in [1.29, 1.82) is 0 Å². The van der Waals surface area contributed by atoms with Gasteiger partial charge < -0.3 is 20.5 Å². The zero-order valence-electron chi connectivity index (χ0n) is 20.7. The van der Waals surface area contributed by atoms with E-state index in [1.807, 2.05) is 30.3 Å². The first-order valence-corrected chi connectivity index (χ1v) is 12.5. The smallest absolute Gasteiger partial charge is 0.305 e. The van der Waals surface area contributed by atoms with Crippen LogP contribution in [-0.4, -0.2) is 47.7 Å². The Bertz CT molecular complexity index is 833. The predicted octanol–water partition coefficient (Wildman–Crippen LogP) is 3.62. The van der Waals surface area contributed by atoms with Crippen LogP contribution in [-0.2, 0) is 25.5 Å². The number of aliphatic hydroxyl groups excluding tert-OH is 1. The molecule has 0 radical (unpaired) electrons. The second-order valence-corrected chi connectivity index (χ2v) is 9.38. The Morgan fingerprint density at radius 3 is 2.46 bits per heavy atom. The second-order valence-electron chi connectivity index (χ2n) is 9.38. The molecule has 1 aromatic rings. The number of benzene rings is 1. The summed E-state index contributed by atoms with van der Waals surface area (Å²) in [6, 6.07) is 9.18. The Hall–Kier alpha value is -2.93. The summed E-state index contributed by atoms with van der Waals surface area (Å²) in [5.41, 5.74) is 0.414. The fraction of sp³-hybridized carbons (Fsp3) is 0.536. The number of esters is 1. The standard InChI is InChI=1S/C28H40N2O5/c1-3-5-7-15-26(33)35-21-28(16-10-11-17-28)30-27(34)23(12-4-2)19-25(32)29-24(20-31)18-22-13-8-6-9-14-22/h3-4,6,8-9,13-14,23-24,31H,1-2,5,7,10-12,15-21H2,(H,29,32)(H,30,34)/t23-,24+/m1/s1. The first-order valence-electron chi connectivity index (χ1n) is 12.5. The lowest BCUT2D eigenvalue weighted by atomic mass is 9.94. The van der Waals surface area contributed by atoms with Crippen molar-refractivity contribution in [2.24, 2.45) is 5.92 Å². The summed E-state index contributed by atoms with van der Waals surface area (Å²) in [6.45, 7) is 7.34. The van der Waals surface area contributed by atoms with E-state index in [0.29, 0.717) is 25.7 Å². The average molecular weight is 485 g/mol. The largest absolute Gasteiger partial charge is 0.463 e. The average Bonchev–Trinajstić information content (AvgIpc) is 3.31. The van der Waals surface area contributed by atoms with Crippen LogP contribution in [0.2, 0.25) is 0 Å². The van der Waals surface area contributed by atoms with Crippen molar-refractivity contribution in [1.82, 2.24) is 10.6 Å². The molecule has 2 atom stereocenters. The molecule has 0 spiro atoms. The summed E-state index contributed by atoms with van der Waals surface area (Å²) < 4.78 is 5.51. The molecular formula is C28H40N2O5. The van der Waals surface area contributed by atoms with Crippen LogP contribution in [0.1, 0.15) is 63.4 Å². The summed E-state index contributed by atoms with van der Waals surface area (Å²) in [4.78, 5) is 38.0. The molecule has 1 fully saturated rings. The minimum atomic E-state index is -0.595. The van der Waals surface area contributed by atoms with E-state index in [1.54, 1.807) is 12.2 Å². The number of ether oxygens (including phenoxy) is 1. The van der Waals surface area contributed by atoms with E-state index in [-0.39, 0.29) is 37.4 Å². The first-order chi connectivity index (χ1) is 16.9. The van der Waals surface area contributed by atoms with Crippen LogP contribution in [0.5, 0.6) is 0 Å². The van der Waals surface area contributed by atoms with Crippen LogP contribution >= 0.6 is 0 Å². The van der Waals surface area contributed by atoms with Crippen LogP contribution in [0.25, 0.3) is 0 Å². The Morgan fingerprint density at radius 2 is 1.83 bits per heavy atom. The van der Waals surface area contributed by atoms with Crippen LogP contribution < -0.4 is 10.6 Å². The van der Waals surface area contributed by atoms with E-state index < -0.39 is 17.5 Å². The van der Waals surface area contributed by atoms with E-state index in [4.69, 9.17) is 4.74 Å². The third-order valence-corrected chi connectivity index (χ3v) is 6.41. The van der Waals surface area contributed by atoms with Crippen LogP contribution in [0, 0.1) is 5.92 Å². The van der Waals surface area contributed by atoms with E-state index in [0.717, 1.165) is 37.7 Å². The van der Waals surface area contributed by atoms with Crippen molar-refractivity contribution < 1.29 is 24.2 Å². The van der Waals surface area contributed by atoms with Gasteiger partial charge in [0, 0.05) is 12.8 Å². The van der Waals surface area contributed by atoms with Crippen LogP contribution in [0.3, 0.4) is 0 Å². The van der Waals surface area contributed by atoms with Gasteiger partial charge in [0.15, 0.2) is 0 Å². The number of carbonyl (C=O) groups excluding carboxylic acids is 3. The van der Waals surface area contributed by atoms with Gasteiger partial charge in [-0.15, -0.1) is 13.2 Å². The Morgan fingerprint density at radius 1 is 1.11 bits per heavy atom. The summed E-state index contributed by atoms with van der Waals surface area (Å²) >= 11 is 0. The van der Waals surface area contributed by atoms with Crippen molar-refractivity contribution >= 4 is 17.8 Å². The maximum absolute atomic E-state index is 13.2. The third-order valence-electron chi connectivity index (χ3n) is 6.41. The van der Waals surface area contributed by atoms with Gasteiger partial charge in [0.2, 0.25) is 11.8 Å². The molecular weight excluding hydrogens is 444 g/mol. The number of rotatable bonds is 16. The Balaban J connectivity index is 1.93. The Kier molecular flexibility index (Phi) is 12.2. The molecule has 0 unspecified atom stereocenters. The van der Waals surface area contributed by atoms with Gasteiger partial charge in [0.1, 0.15) is 6.61 Å². The van der Waals surface area contributed by atoms with E-state index in [2.05, 4.69) is 23.8 Å². The molecule has 0 heterocycles. The first kappa shape index (κ1) is 28.3. The molecule has 0 saturated heterocycles. The second kappa shape index (κ2) is 15.1. The monoisotopic (exact) mass is 484 g/mol. The highest BCUT2D eigenvalue weighted by Gasteiger charge is 2.38. The highest BCUT2D eigenvalue weighted by atomic mass is 16.5. The lowest BCUT2D eigenvalue weighted by Gasteiger charge is -2.31. The van der Waals surface area contributed by atoms with Crippen molar-refractivity contribution in [2.75, 3.05) is 13.2 Å². The fourth-order valence-corrected chi connectivity index (χ4v) is 4.46.